The van der Waals surface area contributed by atoms with Crippen LogP contribution in [-0.2, 0) is 14.9 Å². The van der Waals surface area contributed by atoms with E-state index in [4.69, 9.17) is 14.2 Å². The maximum absolute atomic E-state index is 15.8. The predicted octanol–water partition coefficient (Wildman–Crippen LogP) is 3.06. The Morgan fingerprint density at radius 3 is 2.62 bits per heavy atom. The summed E-state index contributed by atoms with van der Waals surface area (Å²) in [6, 6.07) is 6.79. The van der Waals surface area contributed by atoms with Gasteiger partial charge in [-0.05, 0) is 50.1 Å². The standard InChI is InChI=1S/C27H35FN6O3/c1-17-9-19-12-29-34(25-11-24(30-26(31-25)35-4)33-7-8-37-18(2)13-33)22(19)10-21(17)27(3)5-6-32(14-23(27)28)20-15-36-16-20/h9-12,18,20,23H,5-8,13-16H2,1-4H3/t18-,23?,27?/m1/s1. The minimum Gasteiger partial charge on any atom is -0.467 e. The van der Waals surface area contributed by atoms with Gasteiger partial charge in [-0.3, -0.25) is 4.90 Å². The average Bonchev–Trinajstić information content (AvgIpc) is 3.27. The van der Waals surface area contributed by atoms with Crippen molar-refractivity contribution in [3.05, 3.63) is 35.5 Å². The number of fused-ring (bicyclic) bond motifs is 1. The average molecular weight is 511 g/mol. The van der Waals surface area contributed by atoms with E-state index in [1.54, 1.807) is 7.11 Å². The summed E-state index contributed by atoms with van der Waals surface area (Å²) in [6.07, 6.45) is 1.74. The molecule has 3 saturated heterocycles. The number of anilines is 1. The van der Waals surface area contributed by atoms with Gasteiger partial charge in [-0.1, -0.05) is 6.92 Å². The summed E-state index contributed by atoms with van der Waals surface area (Å²) in [6.45, 7) is 11.0. The lowest BCUT2D eigenvalue weighted by Crippen LogP contribution is -2.58. The van der Waals surface area contributed by atoms with Crippen LogP contribution >= 0.6 is 0 Å². The van der Waals surface area contributed by atoms with E-state index >= 15 is 4.39 Å². The molecule has 0 bridgehead atoms. The minimum atomic E-state index is -0.969. The van der Waals surface area contributed by atoms with Gasteiger partial charge < -0.3 is 19.1 Å². The summed E-state index contributed by atoms with van der Waals surface area (Å²) in [5.41, 5.74) is 2.43. The fourth-order valence-corrected chi connectivity index (χ4v) is 5.88. The molecule has 3 fully saturated rings. The van der Waals surface area contributed by atoms with Gasteiger partial charge >= 0.3 is 6.01 Å². The Balaban J connectivity index is 1.37. The lowest BCUT2D eigenvalue weighted by atomic mass is 9.71. The molecule has 2 unspecified atom stereocenters. The Morgan fingerprint density at radius 2 is 1.92 bits per heavy atom. The van der Waals surface area contributed by atoms with Crippen molar-refractivity contribution in [1.82, 2.24) is 24.6 Å². The van der Waals surface area contributed by atoms with E-state index in [0.29, 0.717) is 38.2 Å². The summed E-state index contributed by atoms with van der Waals surface area (Å²) >= 11 is 0. The van der Waals surface area contributed by atoms with Crippen molar-refractivity contribution in [1.29, 1.82) is 0 Å². The molecule has 9 nitrogen and oxygen atoms in total. The molecular formula is C27H35FN6O3. The molecule has 0 radical (unpaired) electrons. The number of aryl methyl sites for hydroxylation is 1. The molecule has 1 aromatic carbocycles. The largest absolute Gasteiger partial charge is 0.467 e. The van der Waals surface area contributed by atoms with Crippen LogP contribution < -0.4 is 9.64 Å². The quantitative estimate of drug-likeness (QED) is 0.519. The number of halogens is 1. The second kappa shape index (κ2) is 9.49. The fraction of sp³-hybridized carbons (Fsp3) is 0.593. The molecule has 10 heteroatoms. The molecular weight excluding hydrogens is 475 g/mol. The van der Waals surface area contributed by atoms with Gasteiger partial charge in [-0.15, -0.1) is 0 Å². The number of piperidine rings is 1. The van der Waals surface area contributed by atoms with Crippen molar-refractivity contribution < 1.29 is 18.6 Å². The van der Waals surface area contributed by atoms with Gasteiger partial charge in [0.25, 0.3) is 0 Å². The van der Waals surface area contributed by atoms with Crippen molar-refractivity contribution in [2.75, 3.05) is 58.0 Å². The Hall–Kier alpha value is -2.82. The number of methoxy groups -OCH3 is 1. The molecule has 3 aliphatic rings. The van der Waals surface area contributed by atoms with Crippen molar-refractivity contribution in [2.24, 2.45) is 0 Å². The molecule has 5 heterocycles. The summed E-state index contributed by atoms with van der Waals surface area (Å²) < 4.78 is 34.2. The number of alkyl halides is 1. The lowest BCUT2D eigenvalue weighted by molar-refractivity contribution is -0.0880. The first kappa shape index (κ1) is 24.5. The number of aromatic nitrogens is 4. The van der Waals surface area contributed by atoms with E-state index in [-0.39, 0.29) is 12.1 Å². The zero-order chi connectivity index (χ0) is 25.7. The van der Waals surface area contributed by atoms with Gasteiger partial charge in [0, 0.05) is 36.5 Å². The summed E-state index contributed by atoms with van der Waals surface area (Å²) in [7, 11) is 1.57. The van der Waals surface area contributed by atoms with E-state index in [0.717, 1.165) is 53.9 Å². The normalized spacial score (nSPS) is 27.4. The number of rotatable bonds is 5. The maximum Gasteiger partial charge on any atom is 0.320 e. The highest BCUT2D eigenvalue weighted by atomic mass is 19.1. The van der Waals surface area contributed by atoms with Gasteiger partial charge in [-0.2, -0.15) is 15.1 Å². The molecule has 37 heavy (non-hydrogen) atoms. The van der Waals surface area contributed by atoms with Crippen LogP contribution in [0, 0.1) is 6.92 Å². The van der Waals surface area contributed by atoms with Gasteiger partial charge in [0.15, 0.2) is 5.82 Å². The number of likely N-dealkylation sites (tertiary alicyclic amines) is 1. The van der Waals surface area contributed by atoms with Crippen LogP contribution in [0.5, 0.6) is 6.01 Å². The SMILES string of the molecule is COc1nc(N2CCO[C@H](C)C2)cc(-n2ncc3cc(C)c(C4(C)CCN(C5COC5)CC4F)cc32)n1. The molecule has 3 aromatic rings. The Morgan fingerprint density at radius 1 is 1.11 bits per heavy atom. The minimum absolute atomic E-state index is 0.117. The van der Waals surface area contributed by atoms with Gasteiger partial charge in [0.1, 0.15) is 12.0 Å². The third-order valence-electron chi connectivity index (χ3n) is 8.31. The monoisotopic (exact) mass is 510 g/mol. The highest BCUT2D eigenvalue weighted by molar-refractivity contribution is 5.82. The fourth-order valence-electron chi connectivity index (χ4n) is 5.88. The first-order chi connectivity index (χ1) is 17.9. The highest BCUT2D eigenvalue weighted by Crippen LogP contribution is 2.41. The van der Waals surface area contributed by atoms with E-state index < -0.39 is 11.6 Å². The van der Waals surface area contributed by atoms with Crippen molar-refractivity contribution in [3.8, 4) is 11.8 Å². The topological polar surface area (TPSA) is 77.8 Å². The van der Waals surface area contributed by atoms with Crippen LogP contribution in [0.3, 0.4) is 0 Å². The number of nitrogens with zero attached hydrogens (tertiary/aromatic N) is 6. The van der Waals surface area contributed by atoms with Crippen LogP contribution in [0.4, 0.5) is 10.2 Å². The Bertz CT molecular complexity index is 1300. The molecule has 6 rings (SSSR count). The van der Waals surface area contributed by atoms with Gasteiger partial charge in [0.05, 0.1) is 50.8 Å². The molecule has 0 N–H and O–H groups in total. The second-order valence-corrected chi connectivity index (χ2v) is 10.8. The van der Waals surface area contributed by atoms with Gasteiger partial charge in [-0.25, -0.2) is 9.07 Å². The zero-order valence-corrected chi connectivity index (χ0v) is 22.0. The molecule has 0 spiro atoms. The Kier molecular flexibility index (Phi) is 6.29. The molecule has 3 aliphatic heterocycles. The molecule has 198 valence electrons. The third kappa shape index (κ3) is 4.34. The van der Waals surface area contributed by atoms with Gasteiger partial charge in [0.2, 0.25) is 0 Å². The van der Waals surface area contributed by atoms with E-state index in [1.165, 1.54) is 0 Å². The molecule has 0 aliphatic carbocycles. The molecule has 3 atom stereocenters. The summed E-state index contributed by atoms with van der Waals surface area (Å²) in [5.74, 6) is 1.39. The number of morpholine rings is 1. The number of hydrogen-bond donors (Lipinski definition) is 0. The first-order valence-corrected chi connectivity index (χ1v) is 13.1. The lowest BCUT2D eigenvalue weighted by Gasteiger charge is -2.47. The summed E-state index contributed by atoms with van der Waals surface area (Å²) in [5, 5.41) is 5.67. The predicted molar refractivity (Wildman–Crippen MR) is 139 cm³/mol. The van der Waals surface area contributed by atoms with E-state index in [9.17, 15) is 0 Å². The van der Waals surface area contributed by atoms with Crippen LogP contribution in [0.25, 0.3) is 16.7 Å². The molecule has 2 aromatic heterocycles. The first-order valence-electron chi connectivity index (χ1n) is 13.1. The Labute approximate surface area is 216 Å². The van der Waals surface area contributed by atoms with E-state index in [1.807, 2.05) is 16.9 Å². The number of benzene rings is 1. The van der Waals surface area contributed by atoms with Crippen LogP contribution in [0.2, 0.25) is 0 Å². The van der Waals surface area contributed by atoms with Crippen molar-refractivity contribution in [2.45, 2.75) is 50.9 Å². The number of hydrogen-bond acceptors (Lipinski definition) is 8. The van der Waals surface area contributed by atoms with E-state index in [2.05, 4.69) is 57.8 Å². The number of ether oxygens (including phenoxy) is 3. The van der Waals surface area contributed by atoms with Crippen molar-refractivity contribution >= 4 is 16.7 Å². The summed E-state index contributed by atoms with van der Waals surface area (Å²) in [4.78, 5) is 13.6. The zero-order valence-electron chi connectivity index (χ0n) is 22.0. The molecule has 0 amide bonds. The highest BCUT2D eigenvalue weighted by Gasteiger charge is 2.44. The van der Waals surface area contributed by atoms with Crippen LogP contribution in [0.15, 0.2) is 24.4 Å². The smallest absolute Gasteiger partial charge is 0.320 e. The van der Waals surface area contributed by atoms with Crippen molar-refractivity contribution in [3.63, 3.8) is 0 Å². The van der Waals surface area contributed by atoms with Crippen LogP contribution in [0.1, 0.15) is 31.4 Å². The van der Waals surface area contributed by atoms with Crippen LogP contribution in [-0.4, -0.2) is 96.1 Å². The molecule has 0 saturated carbocycles. The maximum atomic E-state index is 15.8. The second-order valence-electron chi connectivity index (χ2n) is 10.8. The third-order valence-corrected chi connectivity index (χ3v) is 8.31.